The lowest BCUT2D eigenvalue weighted by Crippen LogP contribution is -2.36. The Labute approximate surface area is 179 Å². The smallest absolute Gasteiger partial charge is 0.260 e. The summed E-state index contributed by atoms with van der Waals surface area (Å²) >= 11 is 7.65. The monoisotopic (exact) mass is 451 g/mol. The van der Waals surface area contributed by atoms with Gasteiger partial charge in [-0.15, -0.1) is 0 Å². The molecule has 0 radical (unpaired) electrons. The SMILES string of the molecule is CCS(=O)(=O)c1ccc(C(=O)N(CCN(C)C)c2nc3c(Cl)cccc3s2)cc1. The number of rotatable bonds is 7. The Kier molecular flexibility index (Phi) is 6.58. The van der Waals surface area contributed by atoms with Gasteiger partial charge in [0, 0.05) is 18.7 Å². The Bertz CT molecular complexity index is 1130. The van der Waals surface area contributed by atoms with Crippen LogP contribution in [0, 0.1) is 0 Å². The minimum Gasteiger partial charge on any atom is -0.308 e. The van der Waals surface area contributed by atoms with Crippen LogP contribution in [0.25, 0.3) is 10.2 Å². The molecule has 0 bridgehead atoms. The molecule has 1 heterocycles. The number of fused-ring (bicyclic) bond motifs is 1. The first-order valence-corrected chi connectivity index (χ1v) is 11.9. The molecule has 0 atom stereocenters. The first-order valence-electron chi connectivity index (χ1n) is 9.07. The van der Waals surface area contributed by atoms with E-state index in [4.69, 9.17) is 11.6 Å². The summed E-state index contributed by atoms with van der Waals surface area (Å²) in [6.45, 7) is 2.69. The molecule has 3 aromatic rings. The fourth-order valence-corrected chi connectivity index (χ4v) is 4.90. The van der Waals surface area contributed by atoms with E-state index >= 15 is 0 Å². The van der Waals surface area contributed by atoms with Crippen LogP contribution in [0.3, 0.4) is 0 Å². The van der Waals surface area contributed by atoms with E-state index in [0.29, 0.717) is 34.3 Å². The van der Waals surface area contributed by atoms with Crippen molar-refractivity contribution in [1.82, 2.24) is 9.88 Å². The van der Waals surface area contributed by atoms with Crippen LogP contribution in [0.1, 0.15) is 17.3 Å². The zero-order chi connectivity index (χ0) is 21.2. The molecule has 0 N–H and O–H groups in total. The van der Waals surface area contributed by atoms with E-state index in [-0.39, 0.29) is 16.6 Å². The van der Waals surface area contributed by atoms with Gasteiger partial charge in [0.25, 0.3) is 5.91 Å². The van der Waals surface area contributed by atoms with Gasteiger partial charge in [0.05, 0.1) is 20.4 Å². The largest absolute Gasteiger partial charge is 0.308 e. The number of amides is 1. The summed E-state index contributed by atoms with van der Waals surface area (Å²) in [4.78, 5) is 21.6. The van der Waals surface area contributed by atoms with Gasteiger partial charge in [0.2, 0.25) is 0 Å². The maximum atomic E-state index is 13.2. The molecule has 9 heteroatoms. The van der Waals surface area contributed by atoms with Gasteiger partial charge in [0.1, 0.15) is 5.52 Å². The molecule has 29 heavy (non-hydrogen) atoms. The molecule has 0 saturated carbocycles. The third-order valence-electron chi connectivity index (χ3n) is 4.45. The molecule has 0 fully saturated rings. The van der Waals surface area contributed by atoms with E-state index < -0.39 is 9.84 Å². The van der Waals surface area contributed by atoms with Crippen LogP contribution in [0.15, 0.2) is 47.4 Å². The molecule has 1 amide bonds. The molecule has 0 unspecified atom stereocenters. The quantitative estimate of drug-likeness (QED) is 0.544. The highest BCUT2D eigenvalue weighted by atomic mass is 35.5. The summed E-state index contributed by atoms with van der Waals surface area (Å²) in [5.74, 6) is -0.218. The first-order chi connectivity index (χ1) is 13.7. The van der Waals surface area contributed by atoms with Crippen molar-refractivity contribution in [3.63, 3.8) is 0 Å². The highest BCUT2D eigenvalue weighted by Gasteiger charge is 2.22. The predicted molar refractivity (Wildman–Crippen MR) is 119 cm³/mol. The van der Waals surface area contributed by atoms with Crippen LogP contribution in [0.4, 0.5) is 5.13 Å². The highest BCUT2D eigenvalue weighted by molar-refractivity contribution is 7.91. The zero-order valence-electron chi connectivity index (χ0n) is 16.4. The van der Waals surface area contributed by atoms with Crippen molar-refractivity contribution in [3.05, 3.63) is 53.1 Å². The summed E-state index contributed by atoms with van der Waals surface area (Å²) in [5.41, 5.74) is 1.07. The third-order valence-corrected chi connectivity index (χ3v) is 7.54. The second kappa shape index (κ2) is 8.79. The first kappa shape index (κ1) is 21.7. The minimum atomic E-state index is -3.31. The molecular formula is C20H22ClN3O3S2. The average molecular weight is 452 g/mol. The molecule has 154 valence electrons. The van der Waals surface area contributed by atoms with Crippen molar-refractivity contribution in [1.29, 1.82) is 0 Å². The lowest BCUT2D eigenvalue weighted by atomic mass is 10.2. The molecule has 0 spiro atoms. The number of nitrogens with zero attached hydrogens (tertiary/aromatic N) is 3. The predicted octanol–water partition coefficient (Wildman–Crippen LogP) is 3.95. The summed E-state index contributed by atoms with van der Waals surface area (Å²) in [6.07, 6.45) is 0. The van der Waals surface area contributed by atoms with Crippen molar-refractivity contribution in [2.75, 3.05) is 37.8 Å². The van der Waals surface area contributed by atoms with E-state index in [1.54, 1.807) is 30.0 Å². The van der Waals surface area contributed by atoms with Gasteiger partial charge in [-0.3, -0.25) is 9.69 Å². The Balaban J connectivity index is 1.97. The van der Waals surface area contributed by atoms with E-state index in [9.17, 15) is 13.2 Å². The van der Waals surface area contributed by atoms with Gasteiger partial charge in [-0.2, -0.15) is 0 Å². The highest BCUT2D eigenvalue weighted by Crippen LogP contribution is 2.33. The van der Waals surface area contributed by atoms with Gasteiger partial charge in [-0.05, 0) is 50.5 Å². The Morgan fingerprint density at radius 1 is 1.10 bits per heavy atom. The van der Waals surface area contributed by atoms with Crippen LogP contribution in [-0.4, -0.2) is 57.1 Å². The lowest BCUT2D eigenvalue weighted by molar-refractivity contribution is 0.0985. The molecule has 0 saturated heterocycles. The van der Waals surface area contributed by atoms with Crippen LogP contribution in [0.2, 0.25) is 5.02 Å². The number of aromatic nitrogens is 1. The zero-order valence-corrected chi connectivity index (χ0v) is 18.8. The number of halogens is 1. The normalized spacial score (nSPS) is 11.9. The lowest BCUT2D eigenvalue weighted by Gasteiger charge is -2.22. The van der Waals surface area contributed by atoms with Crippen molar-refractivity contribution >= 4 is 54.0 Å². The van der Waals surface area contributed by atoms with Crippen LogP contribution in [0.5, 0.6) is 0 Å². The molecule has 0 aliphatic rings. The maximum absolute atomic E-state index is 13.2. The minimum absolute atomic E-state index is 0.0156. The van der Waals surface area contributed by atoms with Gasteiger partial charge in [-0.25, -0.2) is 13.4 Å². The summed E-state index contributed by atoms with van der Waals surface area (Å²) in [6, 6.07) is 11.6. The van der Waals surface area contributed by atoms with Crippen molar-refractivity contribution in [2.45, 2.75) is 11.8 Å². The molecule has 1 aromatic heterocycles. The van der Waals surface area contributed by atoms with E-state index in [1.165, 1.54) is 23.5 Å². The Hall–Kier alpha value is -2.00. The van der Waals surface area contributed by atoms with E-state index in [1.807, 2.05) is 31.1 Å². The second-order valence-electron chi connectivity index (χ2n) is 6.77. The number of thiazole rings is 1. The number of hydrogen-bond acceptors (Lipinski definition) is 6. The number of anilines is 1. The summed E-state index contributed by atoms with van der Waals surface area (Å²) < 4.78 is 25.0. The summed E-state index contributed by atoms with van der Waals surface area (Å²) in [5, 5.41) is 1.10. The topological polar surface area (TPSA) is 70.6 Å². The van der Waals surface area contributed by atoms with Crippen LogP contribution in [-0.2, 0) is 9.84 Å². The fourth-order valence-electron chi connectivity index (χ4n) is 2.73. The molecule has 0 aliphatic heterocycles. The van der Waals surface area contributed by atoms with Crippen molar-refractivity contribution < 1.29 is 13.2 Å². The molecular weight excluding hydrogens is 430 g/mol. The fraction of sp³-hybridized carbons (Fsp3) is 0.300. The van der Waals surface area contributed by atoms with Crippen LogP contribution >= 0.6 is 22.9 Å². The standard InChI is InChI=1S/C20H22ClN3O3S2/c1-4-29(26,27)15-10-8-14(9-11-15)19(25)24(13-12-23(2)3)20-22-18-16(21)6-5-7-17(18)28-20/h5-11H,4,12-13H2,1-3H3. The van der Waals surface area contributed by atoms with Gasteiger partial charge < -0.3 is 4.90 Å². The number of likely N-dealkylation sites (N-methyl/N-ethyl adjacent to an activating group) is 1. The number of carbonyl (C=O) groups is 1. The van der Waals surface area contributed by atoms with Crippen molar-refractivity contribution in [3.8, 4) is 0 Å². The van der Waals surface area contributed by atoms with Crippen LogP contribution < -0.4 is 4.90 Å². The molecule has 6 nitrogen and oxygen atoms in total. The Morgan fingerprint density at radius 2 is 1.79 bits per heavy atom. The third kappa shape index (κ3) is 4.78. The number of sulfone groups is 1. The van der Waals surface area contributed by atoms with Crippen molar-refractivity contribution in [2.24, 2.45) is 0 Å². The van der Waals surface area contributed by atoms with E-state index in [0.717, 1.165) is 4.70 Å². The van der Waals surface area contributed by atoms with Gasteiger partial charge in [0.15, 0.2) is 15.0 Å². The average Bonchev–Trinajstić information content (AvgIpc) is 3.13. The molecule has 2 aromatic carbocycles. The number of carbonyl (C=O) groups excluding carboxylic acids is 1. The summed E-state index contributed by atoms with van der Waals surface area (Å²) in [7, 11) is 0.552. The number of hydrogen-bond donors (Lipinski definition) is 0. The maximum Gasteiger partial charge on any atom is 0.260 e. The van der Waals surface area contributed by atoms with E-state index in [2.05, 4.69) is 4.98 Å². The number of para-hydroxylation sites is 1. The Morgan fingerprint density at radius 3 is 2.38 bits per heavy atom. The second-order valence-corrected chi connectivity index (χ2v) is 10.5. The molecule has 3 rings (SSSR count). The number of benzene rings is 2. The molecule has 0 aliphatic carbocycles. The van der Waals surface area contributed by atoms with Gasteiger partial charge in [-0.1, -0.05) is 35.9 Å². The van der Waals surface area contributed by atoms with Gasteiger partial charge >= 0.3 is 0 Å².